The van der Waals surface area contributed by atoms with Crippen LogP contribution in [0.25, 0.3) is 82.0 Å². The Balaban J connectivity index is 1.06. The Morgan fingerprint density at radius 2 is 1.24 bits per heavy atom. The van der Waals surface area contributed by atoms with Gasteiger partial charge in [0, 0.05) is 16.9 Å². The van der Waals surface area contributed by atoms with Crippen molar-refractivity contribution in [3.63, 3.8) is 0 Å². The van der Waals surface area contributed by atoms with E-state index in [2.05, 4.69) is 127 Å². The molecule has 1 heterocycles. The predicted octanol–water partition coefficient (Wildman–Crippen LogP) is 11.8. The molecule has 9 aromatic rings. The van der Waals surface area contributed by atoms with Gasteiger partial charge in [-0.2, -0.15) is 0 Å². The highest BCUT2D eigenvalue weighted by Crippen LogP contribution is 2.44. The Morgan fingerprint density at radius 1 is 0.533 bits per heavy atom. The highest BCUT2D eigenvalue weighted by atomic mass is 16.3. The maximum atomic E-state index is 6.45. The van der Waals surface area contributed by atoms with E-state index in [0.717, 1.165) is 30.6 Å². The molecule has 2 aliphatic carbocycles. The molecule has 1 atom stereocenters. The van der Waals surface area contributed by atoms with Crippen LogP contribution >= 0.6 is 0 Å². The van der Waals surface area contributed by atoms with Crippen LogP contribution in [0.15, 0.2) is 126 Å². The average Bonchev–Trinajstić information content (AvgIpc) is 3.46. The lowest BCUT2D eigenvalue weighted by Crippen LogP contribution is -2.11. The lowest BCUT2D eigenvalue weighted by atomic mass is 9.78. The van der Waals surface area contributed by atoms with Gasteiger partial charge in [0.1, 0.15) is 11.3 Å². The van der Waals surface area contributed by atoms with E-state index in [1.807, 2.05) is 0 Å². The minimum absolute atomic E-state index is 0.330. The first-order valence-electron chi connectivity index (χ1n) is 16.2. The normalized spacial score (nSPS) is 15.9. The summed E-state index contributed by atoms with van der Waals surface area (Å²) in [7, 11) is 0. The minimum Gasteiger partial charge on any atom is -0.456 e. The van der Waals surface area contributed by atoms with E-state index < -0.39 is 0 Å². The van der Waals surface area contributed by atoms with Gasteiger partial charge in [0.2, 0.25) is 0 Å². The van der Waals surface area contributed by atoms with Crippen LogP contribution in [0, 0.1) is 0 Å². The van der Waals surface area contributed by atoms with Gasteiger partial charge in [-0.05, 0) is 119 Å². The van der Waals surface area contributed by atoms with Crippen molar-refractivity contribution in [2.45, 2.75) is 25.2 Å². The van der Waals surface area contributed by atoms with E-state index in [1.165, 1.54) is 92.6 Å². The first kappa shape index (κ1) is 24.0. The lowest BCUT2D eigenvalue weighted by Gasteiger charge is -2.25. The number of rotatable bonds is 2. The molecule has 0 aliphatic heterocycles. The summed E-state index contributed by atoms with van der Waals surface area (Å²) in [4.78, 5) is 0. The van der Waals surface area contributed by atoms with Crippen molar-refractivity contribution in [3.8, 4) is 11.1 Å². The molecule has 45 heavy (non-hydrogen) atoms. The van der Waals surface area contributed by atoms with Crippen LogP contribution in [-0.4, -0.2) is 0 Å². The Kier molecular flexibility index (Phi) is 4.59. The Hall–Kier alpha value is -5.40. The number of furan rings is 1. The highest BCUT2D eigenvalue weighted by Gasteiger charge is 2.26. The zero-order valence-electron chi connectivity index (χ0n) is 24.7. The van der Waals surface area contributed by atoms with Gasteiger partial charge in [0.05, 0.1) is 0 Å². The largest absolute Gasteiger partial charge is 0.456 e. The van der Waals surface area contributed by atoms with Crippen LogP contribution in [0.4, 0.5) is 0 Å². The van der Waals surface area contributed by atoms with Crippen molar-refractivity contribution >= 4 is 70.9 Å². The summed E-state index contributed by atoms with van der Waals surface area (Å²) in [5, 5.41) is 14.8. The Labute approximate surface area is 260 Å². The SMILES string of the molecule is C1=CC(c2ccc3ccc4cccc5c4c3c2CC5)Cc2c1oc1ccc(-c3ccc4ccc5cccc6ccc3c4c56)cc21. The van der Waals surface area contributed by atoms with Gasteiger partial charge < -0.3 is 4.42 Å². The number of aryl methyl sites for hydroxylation is 2. The van der Waals surface area contributed by atoms with Crippen LogP contribution in [0.2, 0.25) is 0 Å². The summed E-state index contributed by atoms with van der Waals surface area (Å²) < 4.78 is 6.45. The van der Waals surface area contributed by atoms with Gasteiger partial charge in [0.15, 0.2) is 0 Å². The van der Waals surface area contributed by atoms with Gasteiger partial charge in [-0.1, -0.05) is 109 Å². The molecule has 1 nitrogen and oxygen atoms in total. The Morgan fingerprint density at radius 3 is 2.11 bits per heavy atom. The van der Waals surface area contributed by atoms with Gasteiger partial charge in [-0.3, -0.25) is 0 Å². The molecule has 1 unspecified atom stereocenters. The van der Waals surface area contributed by atoms with Crippen molar-refractivity contribution in [3.05, 3.63) is 149 Å². The third kappa shape index (κ3) is 3.23. The Bertz CT molecular complexity index is 2720. The fraction of sp³-hybridized carbons (Fsp3) is 0.0909. The quantitative estimate of drug-likeness (QED) is 0.188. The van der Waals surface area contributed by atoms with Crippen molar-refractivity contribution in [2.75, 3.05) is 0 Å². The molecular weight excluding hydrogens is 544 g/mol. The topological polar surface area (TPSA) is 13.1 Å². The maximum absolute atomic E-state index is 6.45. The maximum Gasteiger partial charge on any atom is 0.135 e. The monoisotopic (exact) mass is 572 g/mol. The third-order valence-electron chi connectivity index (χ3n) is 10.9. The molecule has 0 N–H and O–H groups in total. The van der Waals surface area contributed by atoms with Gasteiger partial charge >= 0.3 is 0 Å². The predicted molar refractivity (Wildman–Crippen MR) is 190 cm³/mol. The molecule has 0 amide bonds. The van der Waals surface area contributed by atoms with Crippen molar-refractivity contribution in [1.82, 2.24) is 0 Å². The van der Waals surface area contributed by atoms with E-state index in [4.69, 9.17) is 4.42 Å². The van der Waals surface area contributed by atoms with Crippen LogP contribution < -0.4 is 0 Å². The molecule has 11 rings (SSSR count). The average molecular weight is 573 g/mol. The minimum atomic E-state index is 0.330. The van der Waals surface area contributed by atoms with Crippen molar-refractivity contribution in [1.29, 1.82) is 0 Å². The van der Waals surface area contributed by atoms with Crippen LogP contribution in [0.5, 0.6) is 0 Å². The fourth-order valence-corrected chi connectivity index (χ4v) is 8.82. The fourth-order valence-electron chi connectivity index (χ4n) is 8.82. The molecule has 8 aromatic carbocycles. The molecule has 210 valence electrons. The second kappa shape index (κ2) is 8.61. The van der Waals surface area contributed by atoms with Gasteiger partial charge in [0.25, 0.3) is 0 Å². The van der Waals surface area contributed by atoms with Gasteiger partial charge in [-0.15, -0.1) is 0 Å². The first-order chi connectivity index (χ1) is 22.3. The third-order valence-corrected chi connectivity index (χ3v) is 10.9. The number of hydrogen-bond donors (Lipinski definition) is 0. The number of benzene rings is 8. The molecule has 1 aromatic heterocycles. The van der Waals surface area contributed by atoms with E-state index in [-0.39, 0.29) is 0 Å². The smallest absolute Gasteiger partial charge is 0.135 e. The highest BCUT2D eigenvalue weighted by molar-refractivity contribution is 6.25. The molecule has 0 radical (unpaired) electrons. The summed E-state index contributed by atoms with van der Waals surface area (Å²) in [6.07, 6.45) is 7.78. The summed E-state index contributed by atoms with van der Waals surface area (Å²) in [5.74, 6) is 1.34. The van der Waals surface area contributed by atoms with E-state index in [0.29, 0.717) is 5.92 Å². The number of allylic oxidation sites excluding steroid dienone is 1. The van der Waals surface area contributed by atoms with E-state index >= 15 is 0 Å². The molecule has 1 heteroatoms. The summed E-state index contributed by atoms with van der Waals surface area (Å²) in [6, 6.07) is 43.3. The van der Waals surface area contributed by atoms with E-state index in [9.17, 15) is 0 Å². The van der Waals surface area contributed by atoms with E-state index in [1.54, 1.807) is 0 Å². The van der Waals surface area contributed by atoms with Crippen molar-refractivity contribution in [2.24, 2.45) is 0 Å². The second-order valence-corrected chi connectivity index (χ2v) is 13.1. The van der Waals surface area contributed by atoms with Crippen LogP contribution in [0.3, 0.4) is 0 Å². The lowest BCUT2D eigenvalue weighted by molar-refractivity contribution is 0.591. The van der Waals surface area contributed by atoms with Crippen LogP contribution in [0.1, 0.15) is 33.9 Å². The molecule has 0 fully saturated rings. The number of fused-ring (bicyclic) bond motifs is 3. The molecular formula is C44H28O. The molecule has 0 saturated carbocycles. The summed E-state index contributed by atoms with van der Waals surface area (Å²) >= 11 is 0. The molecule has 2 aliphatic rings. The summed E-state index contributed by atoms with van der Waals surface area (Å²) in [6.45, 7) is 0. The molecule has 0 saturated heterocycles. The van der Waals surface area contributed by atoms with Crippen LogP contribution in [-0.2, 0) is 19.3 Å². The zero-order chi connectivity index (χ0) is 29.2. The summed E-state index contributed by atoms with van der Waals surface area (Å²) in [5.41, 5.74) is 9.34. The van der Waals surface area contributed by atoms with Gasteiger partial charge in [-0.25, -0.2) is 0 Å². The number of hydrogen-bond acceptors (Lipinski definition) is 1. The second-order valence-electron chi connectivity index (χ2n) is 13.1. The zero-order valence-corrected chi connectivity index (χ0v) is 24.7. The molecule has 0 spiro atoms. The standard InChI is InChI=1S/C44H28O/c1-3-25-7-9-29-11-17-33(35-19-13-27(5-1)41(25)43(29)35)31-15-21-39-37(23-31)38-24-32(16-22-40(38)45-39)34-18-12-30-10-8-26-4-2-6-28-14-20-36(34)44(30)42(26)28/h1-13,15-19,21-23,32H,14,20,24H2. The first-order valence-corrected chi connectivity index (χ1v) is 16.2. The van der Waals surface area contributed by atoms with Crippen molar-refractivity contribution < 1.29 is 4.42 Å². The molecule has 0 bridgehead atoms.